The van der Waals surface area contributed by atoms with Gasteiger partial charge in [0.05, 0.1) is 16.1 Å². The number of nitrogens with two attached hydrogens (primary N) is 1. The minimum atomic E-state index is -0.635. The standard InChI is InChI=1S/C12H15Cl2FN4/c13-9-5-8(6-10(14)11(9)15)18-12(19-16)17-7-3-1-2-4-7/h5-7H,1-4,16H2,(H2,17,18,19). The first-order valence-electron chi connectivity index (χ1n) is 6.06. The Labute approximate surface area is 121 Å². The second-order valence-electron chi connectivity index (χ2n) is 4.44. The van der Waals surface area contributed by atoms with Gasteiger partial charge in [-0.2, -0.15) is 0 Å². The second kappa shape index (κ2) is 6.41. The quantitative estimate of drug-likeness (QED) is 0.258. The summed E-state index contributed by atoms with van der Waals surface area (Å²) in [6.45, 7) is 0. The Kier molecular flexibility index (Phi) is 4.85. The summed E-state index contributed by atoms with van der Waals surface area (Å²) in [6.07, 6.45) is 4.47. The van der Waals surface area contributed by atoms with Gasteiger partial charge in [-0.1, -0.05) is 36.0 Å². The van der Waals surface area contributed by atoms with Crippen molar-refractivity contribution < 1.29 is 4.39 Å². The number of rotatable bonds is 2. The Bertz CT molecular complexity index is 464. The maximum Gasteiger partial charge on any atom is 0.210 e. The van der Waals surface area contributed by atoms with Crippen LogP contribution in [0.15, 0.2) is 17.1 Å². The molecule has 19 heavy (non-hydrogen) atoms. The molecule has 0 radical (unpaired) electrons. The molecule has 1 aromatic carbocycles. The summed E-state index contributed by atoms with van der Waals surface area (Å²) in [4.78, 5) is 4.46. The van der Waals surface area contributed by atoms with E-state index >= 15 is 0 Å². The van der Waals surface area contributed by atoms with Gasteiger partial charge in [0, 0.05) is 5.69 Å². The molecule has 0 aromatic heterocycles. The van der Waals surface area contributed by atoms with Crippen LogP contribution in [0.25, 0.3) is 0 Å². The number of hydrazine groups is 1. The number of nitrogens with zero attached hydrogens (tertiary/aromatic N) is 1. The van der Waals surface area contributed by atoms with Crippen LogP contribution >= 0.6 is 23.2 Å². The van der Waals surface area contributed by atoms with Gasteiger partial charge >= 0.3 is 0 Å². The van der Waals surface area contributed by atoms with E-state index in [1.54, 1.807) is 0 Å². The zero-order valence-electron chi connectivity index (χ0n) is 10.2. The van der Waals surface area contributed by atoms with E-state index in [9.17, 15) is 4.39 Å². The Balaban J connectivity index is 2.13. The number of nitrogens with one attached hydrogen (secondary N) is 2. The maximum absolute atomic E-state index is 13.3. The van der Waals surface area contributed by atoms with E-state index in [0.717, 1.165) is 12.8 Å². The molecule has 1 aromatic rings. The predicted molar refractivity (Wildman–Crippen MR) is 77.1 cm³/mol. The van der Waals surface area contributed by atoms with Gasteiger partial charge in [-0.25, -0.2) is 15.2 Å². The van der Waals surface area contributed by atoms with Gasteiger partial charge in [0.1, 0.15) is 0 Å². The largest absolute Gasteiger partial charge is 0.325 e. The van der Waals surface area contributed by atoms with Gasteiger partial charge in [-0.3, -0.25) is 5.43 Å². The van der Waals surface area contributed by atoms with E-state index in [2.05, 4.69) is 15.7 Å². The molecular formula is C12H15Cl2FN4. The number of hydrogen-bond acceptors (Lipinski definition) is 2. The van der Waals surface area contributed by atoms with Crippen molar-refractivity contribution in [2.24, 2.45) is 10.8 Å². The van der Waals surface area contributed by atoms with Gasteiger partial charge in [-0.15, -0.1) is 0 Å². The molecule has 1 aliphatic carbocycles. The molecule has 0 atom stereocenters. The lowest BCUT2D eigenvalue weighted by Gasteiger charge is -2.12. The molecule has 4 N–H and O–H groups in total. The van der Waals surface area contributed by atoms with Crippen molar-refractivity contribution in [2.45, 2.75) is 31.7 Å². The number of benzene rings is 1. The number of halogens is 3. The van der Waals surface area contributed by atoms with Crippen LogP contribution in [0.2, 0.25) is 10.0 Å². The number of guanidine groups is 1. The van der Waals surface area contributed by atoms with Gasteiger partial charge < -0.3 is 5.32 Å². The van der Waals surface area contributed by atoms with Crippen molar-refractivity contribution in [3.05, 3.63) is 28.0 Å². The van der Waals surface area contributed by atoms with Crippen molar-refractivity contribution in [1.29, 1.82) is 0 Å². The molecule has 4 nitrogen and oxygen atoms in total. The molecule has 0 unspecified atom stereocenters. The molecule has 7 heteroatoms. The molecule has 1 aliphatic rings. The monoisotopic (exact) mass is 304 g/mol. The van der Waals surface area contributed by atoms with Gasteiger partial charge in [0.25, 0.3) is 0 Å². The van der Waals surface area contributed by atoms with E-state index < -0.39 is 5.82 Å². The molecule has 2 rings (SSSR count). The highest BCUT2D eigenvalue weighted by atomic mass is 35.5. The van der Waals surface area contributed by atoms with Crippen LogP contribution in [-0.4, -0.2) is 12.0 Å². The summed E-state index contributed by atoms with van der Waals surface area (Å²) in [5.74, 6) is 5.21. The molecule has 0 saturated heterocycles. The molecule has 0 spiro atoms. The molecule has 0 aliphatic heterocycles. The van der Waals surface area contributed by atoms with Crippen LogP contribution < -0.4 is 16.6 Å². The van der Waals surface area contributed by atoms with Crippen molar-refractivity contribution in [2.75, 3.05) is 5.32 Å². The number of aliphatic imine (C=N–C) groups is 1. The second-order valence-corrected chi connectivity index (χ2v) is 5.25. The molecular weight excluding hydrogens is 290 g/mol. The summed E-state index contributed by atoms with van der Waals surface area (Å²) < 4.78 is 13.3. The first-order valence-corrected chi connectivity index (χ1v) is 6.81. The van der Waals surface area contributed by atoms with Gasteiger partial charge in [0.2, 0.25) is 5.96 Å². The first-order chi connectivity index (χ1) is 9.10. The van der Waals surface area contributed by atoms with E-state index in [4.69, 9.17) is 29.0 Å². The summed E-state index contributed by atoms with van der Waals surface area (Å²) in [5.41, 5.74) is 3.02. The lowest BCUT2D eigenvalue weighted by molar-refractivity contribution is 0.629. The smallest absolute Gasteiger partial charge is 0.210 e. The molecule has 1 fully saturated rings. The summed E-state index contributed by atoms with van der Waals surface area (Å²) in [6, 6.07) is 3.14. The van der Waals surface area contributed by atoms with Crippen LogP contribution in [0.4, 0.5) is 10.1 Å². The van der Waals surface area contributed by atoms with Crippen LogP contribution in [0.1, 0.15) is 25.7 Å². The van der Waals surface area contributed by atoms with Crippen LogP contribution in [0, 0.1) is 5.82 Å². The van der Waals surface area contributed by atoms with Crippen LogP contribution in [0.3, 0.4) is 0 Å². The average Bonchev–Trinajstić information content (AvgIpc) is 2.88. The molecule has 0 heterocycles. The fourth-order valence-corrected chi connectivity index (χ4v) is 2.57. The lowest BCUT2D eigenvalue weighted by Crippen LogP contribution is -2.37. The normalized spacial score (nSPS) is 16.7. The third-order valence-corrected chi connectivity index (χ3v) is 3.57. The number of anilines is 1. The van der Waals surface area contributed by atoms with Crippen molar-refractivity contribution >= 4 is 34.8 Å². The van der Waals surface area contributed by atoms with Crippen LogP contribution in [0.5, 0.6) is 0 Å². The fourth-order valence-electron chi connectivity index (χ4n) is 2.09. The third-order valence-electron chi connectivity index (χ3n) is 3.02. The highest BCUT2D eigenvalue weighted by Gasteiger charge is 2.15. The molecule has 1 saturated carbocycles. The van der Waals surface area contributed by atoms with E-state index in [1.165, 1.54) is 25.0 Å². The Morgan fingerprint density at radius 3 is 2.37 bits per heavy atom. The van der Waals surface area contributed by atoms with Crippen molar-refractivity contribution in [3.63, 3.8) is 0 Å². The van der Waals surface area contributed by atoms with Crippen molar-refractivity contribution in [3.8, 4) is 0 Å². The minimum absolute atomic E-state index is 0.0489. The lowest BCUT2D eigenvalue weighted by atomic mass is 10.3. The Hall–Kier alpha value is -1.04. The molecule has 0 bridgehead atoms. The van der Waals surface area contributed by atoms with Crippen LogP contribution in [-0.2, 0) is 0 Å². The maximum atomic E-state index is 13.3. The van der Waals surface area contributed by atoms with Crippen molar-refractivity contribution in [1.82, 2.24) is 5.43 Å². The molecule has 104 valence electrons. The average molecular weight is 305 g/mol. The SMILES string of the molecule is NNC(=NC1CCCC1)Nc1cc(Cl)c(F)c(Cl)c1. The first kappa shape index (κ1) is 14.4. The number of hydrogen-bond donors (Lipinski definition) is 3. The summed E-state index contributed by atoms with van der Waals surface area (Å²) in [7, 11) is 0. The van der Waals surface area contributed by atoms with E-state index in [1.807, 2.05) is 0 Å². The van der Waals surface area contributed by atoms with Gasteiger partial charge in [0.15, 0.2) is 5.82 Å². The van der Waals surface area contributed by atoms with E-state index in [0.29, 0.717) is 11.6 Å². The fraction of sp³-hybridized carbons (Fsp3) is 0.417. The summed E-state index contributed by atoms with van der Waals surface area (Å²) >= 11 is 11.5. The zero-order chi connectivity index (χ0) is 13.8. The molecule has 0 amide bonds. The zero-order valence-corrected chi connectivity index (χ0v) is 11.7. The highest BCUT2D eigenvalue weighted by Crippen LogP contribution is 2.27. The Morgan fingerprint density at radius 1 is 1.26 bits per heavy atom. The predicted octanol–water partition coefficient (Wildman–Crippen LogP) is 3.31. The minimum Gasteiger partial charge on any atom is -0.325 e. The Morgan fingerprint density at radius 2 is 1.84 bits per heavy atom. The summed E-state index contributed by atoms with van der Waals surface area (Å²) in [5, 5.41) is 2.85. The highest BCUT2D eigenvalue weighted by molar-refractivity contribution is 6.35. The van der Waals surface area contributed by atoms with E-state index in [-0.39, 0.29) is 16.1 Å². The third kappa shape index (κ3) is 3.72. The topological polar surface area (TPSA) is 62.4 Å². The van der Waals surface area contributed by atoms with Gasteiger partial charge in [-0.05, 0) is 25.0 Å².